The number of thiophene rings is 1. The second kappa shape index (κ2) is 8.47. The van der Waals surface area contributed by atoms with Gasteiger partial charge in [-0.15, -0.1) is 11.3 Å². The van der Waals surface area contributed by atoms with Crippen LogP contribution in [0.25, 0.3) is 10.1 Å². The maximum absolute atomic E-state index is 13.2. The van der Waals surface area contributed by atoms with Crippen molar-refractivity contribution >= 4 is 39.0 Å². The molecule has 3 unspecified atom stereocenters. The highest BCUT2D eigenvalue weighted by Gasteiger charge is 2.47. The molecule has 1 saturated carbocycles. The van der Waals surface area contributed by atoms with Crippen LogP contribution in [0.2, 0.25) is 0 Å². The molecule has 1 saturated heterocycles. The molecule has 1 aliphatic carbocycles. The van der Waals surface area contributed by atoms with Gasteiger partial charge >= 0.3 is 0 Å². The largest absolute Gasteiger partial charge is 0.368 e. The summed E-state index contributed by atoms with van der Waals surface area (Å²) in [7, 11) is 0. The third-order valence-corrected chi connectivity index (χ3v) is 7.67. The van der Waals surface area contributed by atoms with Crippen LogP contribution in [-0.4, -0.2) is 41.9 Å². The number of hydrogen-bond acceptors (Lipinski definition) is 5. The highest BCUT2D eigenvalue weighted by atomic mass is 32.1. The van der Waals surface area contributed by atoms with Crippen LogP contribution in [0.3, 0.4) is 0 Å². The number of fused-ring (bicyclic) bond motifs is 1. The first kappa shape index (κ1) is 21.0. The van der Waals surface area contributed by atoms with E-state index in [2.05, 4.69) is 10.6 Å². The predicted molar refractivity (Wildman–Crippen MR) is 117 cm³/mol. The standard InChI is InChI=1S/C23H28N2O4S/c1-14-23(2,20(26)13-29-14)25-21(27)17(11-15-7-3-4-8-15)24-22(28)19-12-16-9-5-6-10-18(16)30-19/h5-6,9-10,12,14-15,17H,3-4,7-8,11,13H2,1-2H3,(H,24,28)(H,25,27). The minimum absolute atomic E-state index is 0.000613. The topological polar surface area (TPSA) is 84.5 Å². The third kappa shape index (κ3) is 4.14. The van der Waals surface area contributed by atoms with E-state index in [-0.39, 0.29) is 24.2 Å². The van der Waals surface area contributed by atoms with Crippen molar-refractivity contribution in [3.05, 3.63) is 35.2 Å². The van der Waals surface area contributed by atoms with Crippen LogP contribution in [0, 0.1) is 5.92 Å². The first-order chi connectivity index (χ1) is 14.4. The van der Waals surface area contributed by atoms with Gasteiger partial charge in [0.2, 0.25) is 5.91 Å². The normalized spacial score (nSPS) is 25.5. The Bertz CT molecular complexity index is 932. The van der Waals surface area contributed by atoms with Gasteiger partial charge in [0.25, 0.3) is 5.91 Å². The smallest absolute Gasteiger partial charge is 0.262 e. The van der Waals surface area contributed by atoms with Gasteiger partial charge in [0.15, 0.2) is 5.78 Å². The van der Waals surface area contributed by atoms with Gasteiger partial charge in [-0.25, -0.2) is 0 Å². The molecule has 1 aromatic carbocycles. The minimum Gasteiger partial charge on any atom is -0.368 e. The summed E-state index contributed by atoms with van der Waals surface area (Å²) in [6, 6.07) is 9.02. The Morgan fingerprint density at radius 2 is 2.00 bits per heavy atom. The molecule has 4 rings (SSSR count). The van der Waals surface area contributed by atoms with E-state index in [1.54, 1.807) is 13.8 Å². The first-order valence-electron chi connectivity index (χ1n) is 10.6. The summed E-state index contributed by atoms with van der Waals surface area (Å²) in [5.74, 6) is -0.297. The Kier molecular flexibility index (Phi) is 5.93. The molecule has 2 aromatic rings. The molecule has 0 bridgehead atoms. The van der Waals surface area contributed by atoms with E-state index in [1.807, 2.05) is 30.3 Å². The van der Waals surface area contributed by atoms with Crippen LogP contribution in [0.5, 0.6) is 0 Å². The van der Waals surface area contributed by atoms with Gasteiger partial charge < -0.3 is 15.4 Å². The Labute approximate surface area is 180 Å². The van der Waals surface area contributed by atoms with E-state index in [9.17, 15) is 14.4 Å². The van der Waals surface area contributed by atoms with Crippen LogP contribution in [-0.2, 0) is 14.3 Å². The molecule has 0 radical (unpaired) electrons. The SMILES string of the molecule is CC1OCC(=O)C1(C)NC(=O)C(CC1CCCC1)NC(=O)c1cc2ccccc2s1. The molecular formula is C23H28N2O4S. The van der Waals surface area contributed by atoms with E-state index in [0.29, 0.717) is 17.2 Å². The van der Waals surface area contributed by atoms with Crippen LogP contribution in [0.15, 0.2) is 30.3 Å². The second-order valence-electron chi connectivity index (χ2n) is 8.63. The van der Waals surface area contributed by atoms with Gasteiger partial charge in [0.05, 0.1) is 11.0 Å². The lowest BCUT2D eigenvalue weighted by atomic mass is 9.91. The molecule has 160 valence electrons. The molecule has 3 atom stereocenters. The lowest BCUT2D eigenvalue weighted by molar-refractivity contribution is -0.131. The quantitative estimate of drug-likeness (QED) is 0.738. The Balaban J connectivity index is 1.52. The number of Topliss-reactive ketones (excluding diaryl/α,β-unsaturated/α-hetero) is 1. The molecule has 2 N–H and O–H groups in total. The van der Waals surface area contributed by atoms with Gasteiger partial charge in [0, 0.05) is 4.70 Å². The van der Waals surface area contributed by atoms with Crippen molar-refractivity contribution in [2.45, 2.75) is 63.6 Å². The van der Waals surface area contributed by atoms with E-state index < -0.39 is 17.7 Å². The summed E-state index contributed by atoms with van der Waals surface area (Å²) in [6.45, 7) is 3.48. The summed E-state index contributed by atoms with van der Waals surface area (Å²) in [4.78, 5) is 39.1. The summed E-state index contributed by atoms with van der Waals surface area (Å²) in [5.41, 5.74) is -1.06. The van der Waals surface area contributed by atoms with Crippen LogP contribution in [0.1, 0.15) is 55.6 Å². The fraction of sp³-hybridized carbons (Fsp3) is 0.522. The molecule has 6 nitrogen and oxygen atoms in total. The lowest BCUT2D eigenvalue weighted by Gasteiger charge is -2.30. The Morgan fingerprint density at radius 3 is 2.67 bits per heavy atom. The molecule has 2 aliphatic rings. The zero-order chi connectivity index (χ0) is 21.3. The van der Waals surface area contributed by atoms with E-state index >= 15 is 0 Å². The van der Waals surface area contributed by atoms with E-state index in [4.69, 9.17) is 4.74 Å². The molecule has 0 spiro atoms. The number of benzene rings is 1. The lowest BCUT2D eigenvalue weighted by Crippen LogP contribution is -2.60. The maximum Gasteiger partial charge on any atom is 0.262 e. The summed E-state index contributed by atoms with van der Waals surface area (Å²) in [6.07, 6.45) is 4.63. The zero-order valence-corrected chi connectivity index (χ0v) is 18.2. The average Bonchev–Trinajstić information content (AvgIpc) is 3.44. The highest BCUT2D eigenvalue weighted by molar-refractivity contribution is 7.20. The molecular weight excluding hydrogens is 400 g/mol. The fourth-order valence-electron chi connectivity index (χ4n) is 4.39. The van der Waals surface area contributed by atoms with Crippen LogP contribution in [0.4, 0.5) is 0 Å². The molecule has 2 amide bonds. The molecule has 1 aliphatic heterocycles. The molecule has 30 heavy (non-hydrogen) atoms. The summed E-state index contributed by atoms with van der Waals surface area (Å²) < 4.78 is 6.47. The molecule has 2 heterocycles. The number of carbonyl (C=O) groups is 3. The fourth-order valence-corrected chi connectivity index (χ4v) is 5.36. The van der Waals surface area contributed by atoms with Crippen molar-refractivity contribution < 1.29 is 19.1 Å². The summed E-state index contributed by atoms with van der Waals surface area (Å²) >= 11 is 1.42. The molecule has 7 heteroatoms. The Morgan fingerprint density at radius 1 is 1.27 bits per heavy atom. The highest BCUT2D eigenvalue weighted by Crippen LogP contribution is 2.30. The van der Waals surface area contributed by atoms with Crippen molar-refractivity contribution in [2.24, 2.45) is 5.92 Å². The van der Waals surface area contributed by atoms with Gasteiger partial charge in [-0.05, 0) is 43.7 Å². The van der Waals surface area contributed by atoms with Crippen molar-refractivity contribution in [2.75, 3.05) is 6.61 Å². The molecule has 1 aromatic heterocycles. The number of amides is 2. The number of carbonyl (C=O) groups excluding carboxylic acids is 3. The monoisotopic (exact) mass is 428 g/mol. The van der Waals surface area contributed by atoms with Gasteiger partial charge in [-0.3, -0.25) is 14.4 Å². The third-order valence-electron chi connectivity index (χ3n) is 6.55. The summed E-state index contributed by atoms with van der Waals surface area (Å²) in [5, 5.41) is 6.85. The molecule has 2 fully saturated rings. The van der Waals surface area contributed by atoms with Crippen molar-refractivity contribution in [3.8, 4) is 0 Å². The number of ether oxygens (including phenoxy) is 1. The van der Waals surface area contributed by atoms with Crippen molar-refractivity contribution in [3.63, 3.8) is 0 Å². The minimum atomic E-state index is -1.06. The second-order valence-corrected chi connectivity index (χ2v) is 9.71. The van der Waals surface area contributed by atoms with E-state index in [0.717, 1.165) is 35.8 Å². The number of ketones is 1. The number of hydrogen-bond donors (Lipinski definition) is 2. The van der Waals surface area contributed by atoms with Crippen molar-refractivity contribution in [1.29, 1.82) is 0 Å². The average molecular weight is 429 g/mol. The van der Waals surface area contributed by atoms with Gasteiger partial charge in [-0.1, -0.05) is 43.9 Å². The number of nitrogens with one attached hydrogen (secondary N) is 2. The predicted octanol–water partition coefficient (Wildman–Crippen LogP) is 3.44. The first-order valence-corrected chi connectivity index (χ1v) is 11.4. The number of rotatable bonds is 6. The van der Waals surface area contributed by atoms with Gasteiger partial charge in [0.1, 0.15) is 18.2 Å². The van der Waals surface area contributed by atoms with Crippen LogP contribution < -0.4 is 10.6 Å². The van der Waals surface area contributed by atoms with E-state index in [1.165, 1.54) is 11.3 Å². The van der Waals surface area contributed by atoms with Crippen LogP contribution >= 0.6 is 11.3 Å². The zero-order valence-electron chi connectivity index (χ0n) is 17.4. The van der Waals surface area contributed by atoms with Crippen molar-refractivity contribution in [1.82, 2.24) is 10.6 Å². The maximum atomic E-state index is 13.2. The van der Waals surface area contributed by atoms with Gasteiger partial charge in [-0.2, -0.15) is 0 Å². The Hall–Kier alpha value is -2.25.